The maximum Gasteiger partial charge on any atom is 0.431 e. The highest BCUT2D eigenvalue weighted by molar-refractivity contribution is 5.87. The molecular weight excluding hydrogens is 356 g/mol. The average molecular weight is 365 g/mol. The molecule has 10 heteroatoms. The van der Waals surface area contributed by atoms with E-state index in [4.69, 9.17) is 5.11 Å². The molecule has 2 aromatic rings. The number of hydrogen-bond donors (Lipinski definition) is 1. The Hall–Kier alpha value is -2.78. The molecule has 0 aliphatic carbocycles. The van der Waals surface area contributed by atoms with Gasteiger partial charge < -0.3 is 5.11 Å². The molecule has 25 heavy (non-hydrogen) atoms. The van der Waals surface area contributed by atoms with E-state index in [1.54, 1.807) is 0 Å². The molecule has 0 atom stereocenters. The summed E-state index contributed by atoms with van der Waals surface area (Å²) >= 11 is 0. The summed E-state index contributed by atoms with van der Waals surface area (Å²) in [7, 11) is 0. The fraction of sp³-hybridized carbons (Fsp3) is 0.200. The van der Waals surface area contributed by atoms with Crippen molar-refractivity contribution in [2.24, 2.45) is 0 Å². The molecule has 134 valence electrons. The third-order valence-electron chi connectivity index (χ3n) is 3.45. The van der Waals surface area contributed by atoms with E-state index >= 15 is 0 Å². The lowest BCUT2D eigenvalue weighted by Crippen LogP contribution is -2.31. The largest absolute Gasteiger partial charge is 0.477 e. The van der Waals surface area contributed by atoms with Crippen molar-refractivity contribution in [2.45, 2.75) is 19.3 Å². The zero-order chi connectivity index (χ0) is 19.2. The first-order valence-corrected chi connectivity index (χ1v) is 6.59. The molecule has 0 saturated heterocycles. The van der Waals surface area contributed by atoms with Gasteiger partial charge in [-0.05, 0) is 36.8 Å². The third kappa shape index (κ3) is 3.37. The smallest absolute Gasteiger partial charge is 0.431 e. The number of alkyl halides is 6. The number of aromatic carboxylic acids is 1. The van der Waals surface area contributed by atoms with Gasteiger partial charge in [0.05, 0.1) is 11.3 Å². The van der Waals surface area contributed by atoms with E-state index in [1.807, 2.05) is 0 Å². The SMILES string of the molecule is Cc1c(-n2c(C(F)(F)F)ccc(C(=O)O)c2=O)cccc1C(F)(F)F. The lowest BCUT2D eigenvalue weighted by Gasteiger charge is -2.20. The number of halogens is 6. The van der Waals surface area contributed by atoms with Crippen LogP contribution in [0.15, 0.2) is 35.1 Å². The second kappa shape index (κ2) is 5.94. The minimum Gasteiger partial charge on any atom is -0.477 e. The lowest BCUT2D eigenvalue weighted by atomic mass is 10.1. The Morgan fingerprint density at radius 2 is 1.60 bits per heavy atom. The normalized spacial score (nSPS) is 12.3. The van der Waals surface area contributed by atoms with Crippen molar-refractivity contribution in [3.05, 3.63) is 63.1 Å². The van der Waals surface area contributed by atoms with E-state index in [-0.39, 0.29) is 4.57 Å². The van der Waals surface area contributed by atoms with Gasteiger partial charge >= 0.3 is 18.3 Å². The van der Waals surface area contributed by atoms with Gasteiger partial charge in [0.2, 0.25) is 0 Å². The van der Waals surface area contributed by atoms with E-state index < -0.39 is 52.0 Å². The van der Waals surface area contributed by atoms with Crippen LogP contribution in [-0.4, -0.2) is 15.6 Å². The number of rotatable bonds is 2. The summed E-state index contributed by atoms with van der Waals surface area (Å²) in [5.41, 5.74) is -6.72. The first-order valence-electron chi connectivity index (χ1n) is 6.59. The Balaban J connectivity index is 2.94. The van der Waals surface area contributed by atoms with Crippen molar-refractivity contribution in [1.29, 1.82) is 0 Å². The van der Waals surface area contributed by atoms with Crippen LogP contribution in [0.25, 0.3) is 5.69 Å². The van der Waals surface area contributed by atoms with Crippen molar-refractivity contribution in [2.75, 3.05) is 0 Å². The van der Waals surface area contributed by atoms with Crippen LogP contribution in [0.4, 0.5) is 26.3 Å². The van der Waals surface area contributed by atoms with E-state index in [1.165, 1.54) is 0 Å². The van der Waals surface area contributed by atoms with Gasteiger partial charge in [-0.2, -0.15) is 26.3 Å². The number of pyridine rings is 1. The minimum atomic E-state index is -5.09. The molecule has 0 aliphatic heterocycles. The van der Waals surface area contributed by atoms with Crippen molar-refractivity contribution >= 4 is 5.97 Å². The van der Waals surface area contributed by atoms with Gasteiger partial charge in [-0.25, -0.2) is 4.79 Å². The fourth-order valence-electron chi connectivity index (χ4n) is 2.33. The Morgan fingerprint density at radius 3 is 2.08 bits per heavy atom. The molecule has 0 spiro atoms. The predicted octanol–water partition coefficient (Wildman–Crippen LogP) is 3.88. The summed E-state index contributed by atoms with van der Waals surface area (Å²) in [5, 5.41) is 8.91. The quantitative estimate of drug-likeness (QED) is 0.822. The molecule has 0 fully saturated rings. The highest BCUT2D eigenvalue weighted by Crippen LogP contribution is 2.36. The number of hydrogen-bond acceptors (Lipinski definition) is 2. The highest BCUT2D eigenvalue weighted by Gasteiger charge is 2.38. The van der Waals surface area contributed by atoms with Crippen LogP contribution in [-0.2, 0) is 12.4 Å². The van der Waals surface area contributed by atoms with Gasteiger partial charge in [0, 0.05) is 0 Å². The molecule has 0 saturated carbocycles. The van der Waals surface area contributed by atoms with Crippen LogP contribution >= 0.6 is 0 Å². The van der Waals surface area contributed by atoms with E-state index in [9.17, 15) is 35.9 Å². The third-order valence-corrected chi connectivity index (χ3v) is 3.45. The first kappa shape index (κ1) is 18.6. The maximum absolute atomic E-state index is 13.2. The second-order valence-electron chi connectivity index (χ2n) is 5.02. The van der Waals surface area contributed by atoms with Crippen molar-refractivity contribution in [3.63, 3.8) is 0 Å². The topological polar surface area (TPSA) is 59.3 Å². The number of carboxylic acid groups (broad SMARTS) is 1. The molecule has 1 aromatic carbocycles. The summed E-state index contributed by atoms with van der Waals surface area (Å²) in [6.07, 6.45) is -9.94. The van der Waals surface area contributed by atoms with Crippen LogP contribution in [0.2, 0.25) is 0 Å². The molecule has 0 bridgehead atoms. The zero-order valence-electron chi connectivity index (χ0n) is 12.4. The number of carbonyl (C=O) groups is 1. The van der Waals surface area contributed by atoms with Gasteiger partial charge in [-0.15, -0.1) is 0 Å². The monoisotopic (exact) mass is 365 g/mol. The van der Waals surface area contributed by atoms with E-state index in [2.05, 4.69) is 0 Å². The molecular formula is C15H9F6NO3. The number of nitrogens with zero attached hydrogens (tertiary/aromatic N) is 1. The maximum atomic E-state index is 13.2. The molecule has 1 aromatic heterocycles. The number of aromatic nitrogens is 1. The number of benzene rings is 1. The highest BCUT2D eigenvalue weighted by atomic mass is 19.4. The molecule has 0 aliphatic rings. The fourth-order valence-corrected chi connectivity index (χ4v) is 2.33. The Kier molecular flexibility index (Phi) is 4.41. The molecule has 4 nitrogen and oxygen atoms in total. The van der Waals surface area contributed by atoms with Crippen LogP contribution in [0.5, 0.6) is 0 Å². The molecule has 0 amide bonds. The number of carboxylic acids is 1. The zero-order valence-corrected chi connectivity index (χ0v) is 12.4. The first-order chi connectivity index (χ1) is 11.4. The average Bonchev–Trinajstić information content (AvgIpc) is 2.45. The van der Waals surface area contributed by atoms with Crippen LogP contribution in [0, 0.1) is 6.92 Å². The molecule has 0 unspecified atom stereocenters. The standard InChI is InChI=1S/C15H9F6NO3/c1-7-9(14(16,17)18)3-2-4-10(7)22-11(15(19,20)21)6-5-8(12(22)23)13(24)25/h2-6H,1H3,(H,24,25). The van der Waals surface area contributed by atoms with Gasteiger partial charge in [-0.3, -0.25) is 9.36 Å². The Bertz CT molecular complexity index is 896. The van der Waals surface area contributed by atoms with Gasteiger partial charge in [0.25, 0.3) is 5.56 Å². The van der Waals surface area contributed by atoms with Crippen molar-refractivity contribution in [3.8, 4) is 5.69 Å². The van der Waals surface area contributed by atoms with Crippen LogP contribution in [0.3, 0.4) is 0 Å². The predicted molar refractivity (Wildman–Crippen MR) is 73.7 cm³/mol. The van der Waals surface area contributed by atoms with E-state index in [0.29, 0.717) is 18.2 Å². The summed E-state index contributed by atoms with van der Waals surface area (Å²) < 4.78 is 78.4. The van der Waals surface area contributed by atoms with Crippen molar-refractivity contribution < 1.29 is 36.2 Å². The summed E-state index contributed by atoms with van der Waals surface area (Å²) in [4.78, 5) is 23.2. The Morgan fingerprint density at radius 1 is 1.00 bits per heavy atom. The second-order valence-corrected chi connectivity index (χ2v) is 5.02. The molecule has 0 radical (unpaired) electrons. The summed E-state index contributed by atoms with van der Waals surface area (Å²) in [5.74, 6) is -1.79. The minimum absolute atomic E-state index is 0.0615. The Labute approximate surface area is 135 Å². The van der Waals surface area contributed by atoms with Gasteiger partial charge in [0.15, 0.2) is 0 Å². The lowest BCUT2D eigenvalue weighted by molar-refractivity contribution is -0.142. The van der Waals surface area contributed by atoms with E-state index in [0.717, 1.165) is 19.1 Å². The van der Waals surface area contributed by atoms with Crippen LogP contribution < -0.4 is 5.56 Å². The van der Waals surface area contributed by atoms with Gasteiger partial charge in [0.1, 0.15) is 11.3 Å². The van der Waals surface area contributed by atoms with Gasteiger partial charge in [-0.1, -0.05) is 6.07 Å². The summed E-state index contributed by atoms with van der Waals surface area (Å²) in [6.45, 7) is 0.901. The molecule has 2 rings (SSSR count). The van der Waals surface area contributed by atoms with Crippen molar-refractivity contribution in [1.82, 2.24) is 4.57 Å². The molecule has 1 N–H and O–H groups in total. The van der Waals surface area contributed by atoms with Crippen LogP contribution in [0.1, 0.15) is 27.2 Å². The molecule has 1 heterocycles. The summed E-state index contributed by atoms with van der Waals surface area (Å²) in [6, 6.07) is 3.17.